The van der Waals surface area contributed by atoms with Crippen molar-refractivity contribution in [3.05, 3.63) is 63.6 Å². The van der Waals surface area contributed by atoms with Gasteiger partial charge in [-0.2, -0.15) is 5.26 Å². The van der Waals surface area contributed by atoms with Crippen molar-refractivity contribution in [2.24, 2.45) is 5.73 Å². The van der Waals surface area contributed by atoms with Gasteiger partial charge in [-0.3, -0.25) is 4.79 Å². The van der Waals surface area contributed by atoms with Crippen molar-refractivity contribution in [1.82, 2.24) is 0 Å². The van der Waals surface area contributed by atoms with Crippen LogP contribution in [0.5, 0.6) is 0 Å². The number of nitrogens with two attached hydrogens (primary N) is 1. The lowest BCUT2D eigenvalue weighted by Gasteiger charge is -2.09. The number of nitrogens with zero attached hydrogens (tertiary/aromatic N) is 1. The number of anilines is 1. The van der Waals surface area contributed by atoms with Crippen LogP contribution < -0.4 is 11.1 Å². The van der Waals surface area contributed by atoms with Crippen LogP contribution in [0.25, 0.3) is 0 Å². The third-order valence-corrected chi connectivity index (χ3v) is 3.32. The normalized spacial score (nSPS) is 9.80. The molecule has 3 N–H and O–H groups in total. The van der Waals surface area contributed by atoms with E-state index in [1.807, 2.05) is 24.3 Å². The second-order valence-electron chi connectivity index (χ2n) is 4.22. The largest absolute Gasteiger partial charge is 0.380 e. The monoisotopic (exact) mass is 329 g/mol. The first-order chi connectivity index (χ1) is 9.60. The Balaban J connectivity index is 2.09. The first-order valence-electron chi connectivity index (χ1n) is 5.92. The standard InChI is InChI=1S/C15H12BrN3O/c16-13-5-6-14(12(7-13)8-17)19-9-10-1-3-11(4-2-10)15(18)20/h1-7,19H,9H2,(H2,18,20). The quantitative estimate of drug-likeness (QED) is 0.904. The molecule has 0 bridgehead atoms. The number of rotatable bonds is 4. The highest BCUT2D eigenvalue weighted by Gasteiger charge is 2.03. The highest BCUT2D eigenvalue weighted by Crippen LogP contribution is 2.21. The molecule has 0 aromatic heterocycles. The van der Waals surface area contributed by atoms with E-state index < -0.39 is 5.91 Å². The fourth-order valence-corrected chi connectivity index (χ4v) is 2.11. The maximum Gasteiger partial charge on any atom is 0.248 e. The van der Waals surface area contributed by atoms with Gasteiger partial charge in [0, 0.05) is 16.6 Å². The molecule has 0 saturated carbocycles. The van der Waals surface area contributed by atoms with E-state index in [9.17, 15) is 4.79 Å². The molecule has 100 valence electrons. The summed E-state index contributed by atoms with van der Waals surface area (Å²) in [6, 6.07) is 14.7. The van der Waals surface area contributed by atoms with Crippen molar-refractivity contribution in [1.29, 1.82) is 5.26 Å². The Labute approximate surface area is 125 Å². The molecule has 0 spiro atoms. The maximum atomic E-state index is 11.0. The van der Waals surface area contributed by atoms with Gasteiger partial charge in [-0.25, -0.2) is 0 Å². The average molecular weight is 330 g/mol. The summed E-state index contributed by atoms with van der Waals surface area (Å²) >= 11 is 3.33. The molecule has 4 nitrogen and oxygen atoms in total. The molecule has 0 unspecified atom stereocenters. The minimum absolute atomic E-state index is 0.441. The average Bonchev–Trinajstić information content (AvgIpc) is 2.46. The number of hydrogen-bond donors (Lipinski definition) is 2. The van der Waals surface area contributed by atoms with E-state index in [2.05, 4.69) is 27.3 Å². The van der Waals surface area contributed by atoms with Crippen LogP contribution in [0.3, 0.4) is 0 Å². The summed E-state index contributed by atoms with van der Waals surface area (Å²) in [5, 5.41) is 12.3. The van der Waals surface area contributed by atoms with E-state index in [-0.39, 0.29) is 0 Å². The van der Waals surface area contributed by atoms with Crippen molar-refractivity contribution in [2.75, 3.05) is 5.32 Å². The number of nitrogens with one attached hydrogen (secondary N) is 1. The molecule has 2 aromatic rings. The smallest absolute Gasteiger partial charge is 0.248 e. The van der Waals surface area contributed by atoms with Crippen molar-refractivity contribution in [3.8, 4) is 6.07 Å². The van der Waals surface area contributed by atoms with E-state index in [0.717, 1.165) is 15.7 Å². The molecule has 5 heteroatoms. The number of amides is 1. The molecule has 0 aliphatic carbocycles. The van der Waals surface area contributed by atoms with E-state index in [4.69, 9.17) is 11.0 Å². The van der Waals surface area contributed by atoms with Crippen LogP contribution in [0.1, 0.15) is 21.5 Å². The van der Waals surface area contributed by atoms with E-state index in [1.165, 1.54) is 0 Å². The molecule has 0 aliphatic heterocycles. The molecule has 0 fully saturated rings. The highest BCUT2D eigenvalue weighted by atomic mass is 79.9. The molecule has 0 aliphatic rings. The molecule has 0 saturated heterocycles. The summed E-state index contributed by atoms with van der Waals surface area (Å²) in [5.41, 5.74) is 8.02. The Morgan fingerprint density at radius 2 is 1.95 bits per heavy atom. The van der Waals surface area contributed by atoms with Crippen LogP contribution in [0.2, 0.25) is 0 Å². The van der Waals surface area contributed by atoms with Crippen molar-refractivity contribution in [3.63, 3.8) is 0 Å². The summed E-state index contributed by atoms with van der Waals surface area (Å²) in [4.78, 5) is 11.0. The zero-order chi connectivity index (χ0) is 14.5. The fourth-order valence-electron chi connectivity index (χ4n) is 1.75. The molecule has 0 heterocycles. The van der Waals surface area contributed by atoms with Crippen molar-refractivity contribution < 1.29 is 4.79 Å². The van der Waals surface area contributed by atoms with E-state index >= 15 is 0 Å². The Hall–Kier alpha value is -2.32. The van der Waals surface area contributed by atoms with Gasteiger partial charge in [-0.1, -0.05) is 28.1 Å². The first-order valence-corrected chi connectivity index (χ1v) is 6.71. The maximum absolute atomic E-state index is 11.0. The van der Waals surface area contributed by atoms with Gasteiger partial charge in [0.05, 0.1) is 11.3 Å². The van der Waals surface area contributed by atoms with Crippen molar-refractivity contribution >= 4 is 27.5 Å². The molecular formula is C15H12BrN3O. The zero-order valence-electron chi connectivity index (χ0n) is 10.6. The number of carbonyl (C=O) groups is 1. The van der Waals surface area contributed by atoms with Crippen LogP contribution in [0.4, 0.5) is 5.69 Å². The Kier molecular flexibility index (Phi) is 4.38. The van der Waals surface area contributed by atoms with Crippen molar-refractivity contribution in [2.45, 2.75) is 6.54 Å². The third kappa shape index (κ3) is 3.37. The van der Waals surface area contributed by atoms with Gasteiger partial charge >= 0.3 is 0 Å². The second-order valence-corrected chi connectivity index (χ2v) is 5.13. The molecular weight excluding hydrogens is 318 g/mol. The molecule has 2 rings (SSSR count). The number of nitriles is 1. The van der Waals surface area contributed by atoms with Gasteiger partial charge in [-0.15, -0.1) is 0 Å². The Morgan fingerprint density at radius 1 is 1.25 bits per heavy atom. The summed E-state index contributed by atoms with van der Waals surface area (Å²) < 4.78 is 0.866. The number of benzene rings is 2. The lowest BCUT2D eigenvalue weighted by molar-refractivity contribution is 0.100. The lowest BCUT2D eigenvalue weighted by atomic mass is 10.1. The molecule has 1 amide bonds. The van der Waals surface area contributed by atoms with Crippen LogP contribution in [0, 0.1) is 11.3 Å². The van der Waals surface area contributed by atoms with E-state index in [0.29, 0.717) is 17.7 Å². The number of halogens is 1. The lowest BCUT2D eigenvalue weighted by Crippen LogP contribution is -2.10. The predicted octanol–water partition coefficient (Wildman–Crippen LogP) is 3.03. The molecule has 0 atom stereocenters. The first kappa shape index (κ1) is 14.1. The summed E-state index contributed by atoms with van der Waals surface area (Å²) in [6.45, 7) is 0.565. The van der Waals surface area contributed by atoms with Gasteiger partial charge in [0.15, 0.2) is 0 Å². The number of primary amides is 1. The van der Waals surface area contributed by atoms with Crippen LogP contribution in [-0.2, 0) is 6.54 Å². The zero-order valence-corrected chi connectivity index (χ0v) is 12.1. The minimum atomic E-state index is -0.441. The molecule has 0 radical (unpaired) electrons. The highest BCUT2D eigenvalue weighted by molar-refractivity contribution is 9.10. The van der Waals surface area contributed by atoms with Gasteiger partial charge in [-0.05, 0) is 35.9 Å². The number of carbonyl (C=O) groups excluding carboxylic acids is 1. The predicted molar refractivity (Wildman–Crippen MR) is 81.1 cm³/mol. The van der Waals surface area contributed by atoms with Crippen LogP contribution in [-0.4, -0.2) is 5.91 Å². The Morgan fingerprint density at radius 3 is 2.55 bits per heavy atom. The van der Waals surface area contributed by atoms with Crippen LogP contribution in [0.15, 0.2) is 46.9 Å². The van der Waals surface area contributed by atoms with Crippen LogP contribution >= 0.6 is 15.9 Å². The fraction of sp³-hybridized carbons (Fsp3) is 0.0667. The van der Waals surface area contributed by atoms with Gasteiger partial charge in [0.2, 0.25) is 5.91 Å². The summed E-state index contributed by atoms with van der Waals surface area (Å²) in [7, 11) is 0. The minimum Gasteiger partial charge on any atom is -0.380 e. The SMILES string of the molecule is N#Cc1cc(Br)ccc1NCc1ccc(C(N)=O)cc1. The summed E-state index contributed by atoms with van der Waals surface area (Å²) in [5.74, 6) is -0.441. The van der Waals surface area contributed by atoms with Gasteiger partial charge in [0.25, 0.3) is 0 Å². The van der Waals surface area contributed by atoms with Gasteiger partial charge < -0.3 is 11.1 Å². The Bertz CT molecular complexity index is 675. The summed E-state index contributed by atoms with van der Waals surface area (Å²) in [6.07, 6.45) is 0. The van der Waals surface area contributed by atoms with Gasteiger partial charge in [0.1, 0.15) is 6.07 Å². The third-order valence-electron chi connectivity index (χ3n) is 2.82. The molecule has 2 aromatic carbocycles. The second kappa shape index (κ2) is 6.22. The number of hydrogen-bond acceptors (Lipinski definition) is 3. The topological polar surface area (TPSA) is 78.9 Å². The van der Waals surface area contributed by atoms with E-state index in [1.54, 1.807) is 18.2 Å². The molecule has 20 heavy (non-hydrogen) atoms.